The number of oxazole rings is 1. The molecule has 4 rings (SSSR count). The van der Waals surface area contributed by atoms with E-state index in [1.807, 2.05) is 57.2 Å². The minimum atomic E-state index is -0.305. The van der Waals surface area contributed by atoms with Crippen LogP contribution >= 0.6 is 11.6 Å². The normalized spacial score (nSPS) is 10.9. The lowest BCUT2D eigenvalue weighted by Gasteiger charge is -2.10. The predicted octanol–water partition coefficient (Wildman–Crippen LogP) is 6.09. The second-order valence-electron chi connectivity index (χ2n) is 7.27. The number of aromatic nitrogens is 1. The molecule has 30 heavy (non-hydrogen) atoms. The first-order chi connectivity index (χ1) is 14.4. The van der Waals surface area contributed by atoms with Gasteiger partial charge < -0.3 is 14.5 Å². The topological polar surface area (TPSA) is 64.4 Å². The molecule has 1 heterocycles. The zero-order valence-corrected chi connectivity index (χ0v) is 17.7. The molecule has 0 fully saturated rings. The number of rotatable bonds is 5. The molecule has 0 aliphatic heterocycles. The molecule has 0 aliphatic rings. The minimum Gasteiger partial charge on any atom is -0.484 e. The van der Waals surface area contributed by atoms with Crippen molar-refractivity contribution >= 4 is 34.3 Å². The van der Waals surface area contributed by atoms with Crippen LogP contribution in [0, 0.1) is 20.8 Å². The van der Waals surface area contributed by atoms with Gasteiger partial charge in [-0.25, -0.2) is 4.98 Å². The largest absolute Gasteiger partial charge is 0.484 e. The summed E-state index contributed by atoms with van der Waals surface area (Å²) in [7, 11) is 0. The molecule has 6 heteroatoms. The van der Waals surface area contributed by atoms with Gasteiger partial charge in [0.1, 0.15) is 11.3 Å². The molecule has 4 aromatic rings. The van der Waals surface area contributed by atoms with Crippen LogP contribution in [0.15, 0.2) is 59.0 Å². The third-order valence-corrected chi connectivity index (χ3v) is 5.21. The summed E-state index contributed by atoms with van der Waals surface area (Å²) in [6, 6.07) is 16.8. The van der Waals surface area contributed by atoms with E-state index in [1.165, 1.54) is 5.56 Å². The molecular weight excluding hydrogens is 400 g/mol. The monoisotopic (exact) mass is 420 g/mol. The van der Waals surface area contributed by atoms with E-state index in [2.05, 4.69) is 10.3 Å². The van der Waals surface area contributed by atoms with E-state index in [1.54, 1.807) is 18.2 Å². The molecule has 0 bridgehead atoms. The number of halogens is 1. The number of anilines is 1. The quantitative estimate of drug-likeness (QED) is 0.424. The highest BCUT2D eigenvalue weighted by atomic mass is 35.5. The Morgan fingerprint density at radius 2 is 1.87 bits per heavy atom. The molecule has 0 spiro atoms. The number of aryl methyl sites for hydroxylation is 3. The second kappa shape index (κ2) is 8.20. The Labute approximate surface area is 179 Å². The average Bonchev–Trinajstić information content (AvgIpc) is 3.13. The van der Waals surface area contributed by atoms with Crippen molar-refractivity contribution in [1.82, 2.24) is 4.98 Å². The smallest absolute Gasteiger partial charge is 0.262 e. The Kier molecular flexibility index (Phi) is 5.46. The number of benzene rings is 3. The number of fused-ring (bicyclic) bond motifs is 1. The number of ether oxygens (including phenoxy) is 1. The van der Waals surface area contributed by atoms with Crippen molar-refractivity contribution in [2.75, 3.05) is 11.9 Å². The van der Waals surface area contributed by atoms with Gasteiger partial charge in [-0.2, -0.15) is 0 Å². The number of hydrogen-bond acceptors (Lipinski definition) is 4. The second-order valence-corrected chi connectivity index (χ2v) is 7.67. The summed E-state index contributed by atoms with van der Waals surface area (Å²) < 4.78 is 11.4. The highest BCUT2D eigenvalue weighted by Gasteiger charge is 2.13. The Morgan fingerprint density at radius 3 is 2.67 bits per heavy atom. The van der Waals surface area contributed by atoms with Crippen molar-refractivity contribution in [2.24, 2.45) is 0 Å². The van der Waals surface area contributed by atoms with E-state index >= 15 is 0 Å². The number of nitrogens with zero attached hydrogens (tertiary/aromatic N) is 1. The third-order valence-electron chi connectivity index (χ3n) is 4.88. The molecule has 152 valence electrons. The summed E-state index contributed by atoms with van der Waals surface area (Å²) in [5.74, 6) is 0.810. The fourth-order valence-corrected chi connectivity index (χ4v) is 3.22. The number of hydrogen-bond donors (Lipinski definition) is 1. The molecule has 1 aromatic heterocycles. The van der Waals surface area contributed by atoms with Crippen LogP contribution in [0.1, 0.15) is 16.7 Å². The average molecular weight is 421 g/mol. The lowest BCUT2D eigenvalue weighted by atomic mass is 10.1. The summed E-state index contributed by atoms with van der Waals surface area (Å²) in [5, 5.41) is 3.22. The third kappa shape index (κ3) is 4.31. The molecule has 3 aromatic carbocycles. The van der Waals surface area contributed by atoms with Crippen LogP contribution in [-0.2, 0) is 4.79 Å². The fourth-order valence-electron chi connectivity index (χ4n) is 3.05. The van der Waals surface area contributed by atoms with Gasteiger partial charge >= 0.3 is 0 Å². The first-order valence-electron chi connectivity index (χ1n) is 9.56. The summed E-state index contributed by atoms with van der Waals surface area (Å²) in [5.41, 5.74) is 6.07. The van der Waals surface area contributed by atoms with Crippen molar-refractivity contribution in [3.8, 4) is 17.2 Å². The summed E-state index contributed by atoms with van der Waals surface area (Å²) in [6.07, 6.45) is 0. The van der Waals surface area contributed by atoms with E-state index in [-0.39, 0.29) is 12.5 Å². The predicted molar refractivity (Wildman–Crippen MR) is 119 cm³/mol. The van der Waals surface area contributed by atoms with Crippen molar-refractivity contribution < 1.29 is 13.9 Å². The van der Waals surface area contributed by atoms with Gasteiger partial charge in [0.2, 0.25) is 5.89 Å². The fraction of sp³-hybridized carbons (Fsp3) is 0.167. The van der Waals surface area contributed by atoms with Crippen LogP contribution in [0.3, 0.4) is 0 Å². The van der Waals surface area contributed by atoms with Crippen LogP contribution in [0.25, 0.3) is 22.6 Å². The number of nitrogens with one attached hydrogen (secondary N) is 1. The SMILES string of the molecule is Cc1ccc2oc(-c3ccc(Cl)c(NC(=O)COc4ccc(C)c(C)c4)c3)nc2c1. The summed E-state index contributed by atoms with van der Waals surface area (Å²) >= 11 is 6.28. The maximum atomic E-state index is 12.4. The summed E-state index contributed by atoms with van der Waals surface area (Å²) in [6.45, 7) is 5.91. The highest BCUT2D eigenvalue weighted by molar-refractivity contribution is 6.33. The van der Waals surface area contributed by atoms with E-state index in [4.69, 9.17) is 20.8 Å². The van der Waals surface area contributed by atoms with Crippen LogP contribution in [0.4, 0.5) is 5.69 Å². The molecule has 0 saturated heterocycles. The Bertz CT molecular complexity index is 1250. The van der Waals surface area contributed by atoms with Gasteiger partial charge in [0, 0.05) is 5.56 Å². The maximum Gasteiger partial charge on any atom is 0.262 e. The minimum absolute atomic E-state index is 0.120. The number of carbonyl (C=O) groups excluding carboxylic acids is 1. The Balaban J connectivity index is 1.49. The Hall–Kier alpha value is -3.31. The van der Waals surface area contributed by atoms with Gasteiger partial charge in [0.25, 0.3) is 5.91 Å². The van der Waals surface area contributed by atoms with Gasteiger partial charge in [-0.3, -0.25) is 4.79 Å². The number of amides is 1. The van der Waals surface area contributed by atoms with E-state index in [9.17, 15) is 4.79 Å². The van der Waals surface area contributed by atoms with Crippen molar-refractivity contribution in [3.05, 3.63) is 76.3 Å². The first kappa shape index (κ1) is 20.0. The zero-order chi connectivity index (χ0) is 21.3. The van der Waals surface area contributed by atoms with Crippen molar-refractivity contribution in [3.63, 3.8) is 0 Å². The van der Waals surface area contributed by atoms with Gasteiger partial charge in [0.15, 0.2) is 12.2 Å². The van der Waals surface area contributed by atoms with Crippen LogP contribution in [-0.4, -0.2) is 17.5 Å². The van der Waals surface area contributed by atoms with Gasteiger partial charge in [-0.1, -0.05) is 23.7 Å². The van der Waals surface area contributed by atoms with E-state index in [0.717, 1.165) is 22.2 Å². The molecule has 0 unspecified atom stereocenters. The van der Waals surface area contributed by atoms with Gasteiger partial charge in [-0.05, 0) is 79.9 Å². The number of carbonyl (C=O) groups is 1. The molecule has 5 nitrogen and oxygen atoms in total. The Morgan fingerprint density at radius 1 is 1.03 bits per heavy atom. The maximum absolute atomic E-state index is 12.4. The summed E-state index contributed by atoms with van der Waals surface area (Å²) in [4.78, 5) is 16.9. The van der Waals surface area contributed by atoms with Crippen LogP contribution in [0.2, 0.25) is 5.02 Å². The molecule has 1 amide bonds. The zero-order valence-electron chi connectivity index (χ0n) is 17.0. The first-order valence-corrected chi connectivity index (χ1v) is 9.94. The molecule has 0 saturated carbocycles. The van der Waals surface area contributed by atoms with Crippen LogP contribution in [0.5, 0.6) is 5.75 Å². The molecule has 1 N–H and O–H groups in total. The highest BCUT2D eigenvalue weighted by Crippen LogP contribution is 2.30. The van der Waals surface area contributed by atoms with E-state index < -0.39 is 0 Å². The molecule has 0 atom stereocenters. The van der Waals surface area contributed by atoms with Crippen LogP contribution < -0.4 is 10.1 Å². The lowest BCUT2D eigenvalue weighted by Crippen LogP contribution is -2.20. The molecule has 0 aliphatic carbocycles. The standard InChI is InChI=1S/C24H21ClN2O3/c1-14-4-9-22-21(10-14)27-24(30-22)17-6-8-19(25)20(12-17)26-23(28)13-29-18-7-5-15(2)16(3)11-18/h4-12H,13H2,1-3H3,(H,26,28). The lowest BCUT2D eigenvalue weighted by molar-refractivity contribution is -0.118. The van der Waals surface area contributed by atoms with Crippen molar-refractivity contribution in [1.29, 1.82) is 0 Å². The molecule has 0 radical (unpaired) electrons. The van der Waals surface area contributed by atoms with E-state index in [0.29, 0.717) is 27.9 Å². The molecular formula is C24H21ClN2O3. The van der Waals surface area contributed by atoms with Gasteiger partial charge in [0.05, 0.1) is 10.7 Å². The van der Waals surface area contributed by atoms with Crippen molar-refractivity contribution in [2.45, 2.75) is 20.8 Å². The van der Waals surface area contributed by atoms with Gasteiger partial charge in [-0.15, -0.1) is 0 Å².